The fraction of sp³-hybridized carbons (Fsp3) is 0.273. The van der Waals surface area contributed by atoms with Gasteiger partial charge in [-0.3, -0.25) is 0 Å². The number of carbonyl (C=O) groups is 1. The minimum atomic E-state index is -4.53. The van der Waals surface area contributed by atoms with Crippen molar-refractivity contribution in [3.8, 4) is 6.07 Å². The third kappa shape index (κ3) is 3.88. The molecule has 0 fully saturated rings. The van der Waals surface area contributed by atoms with Gasteiger partial charge in [-0.2, -0.15) is 18.4 Å². The lowest BCUT2D eigenvalue weighted by atomic mass is 10.0. The quantitative estimate of drug-likeness (QED) is 0.470. The maximum atomic E-state index is 12.4. The third-order valence-corrected chi connectivity index (χ3v) is 3.50. The Morgan fingerprint density at radius 3 is 2.58 bits per heavy atom. The van der Waals surface area contributed by atoms with Crippen LogP contribution in [-0.4, -0.2) is 18.6 Å². The molecule has 0 saturated heterocycles. The predicted molar refractivity (Wildman–Crippen MR) is 67.0 cm³/mol. The summed E-state index contributed by atoms with van der Waals surface area (Å²) < 4.78 is 41.8. The lowest BCUT2D eigenvalue weighted by Gasteiger charge is -2.13. The Labute approximate surface area is 119 Å². The highest BCUT2D eigenvalue weighted by Gasteiger charge is 2.33. The zero-order chi connectivity index (χ0) is 14.6. The third-order valence-electron chi connectivity index (χ3n) is 2.14. The largest absolute Gasteiger partial charge is 0.465 e. The first kappa shape index (κ1) is 15.9. The second-order valence-corrected chi connectivity index (χ2v) is 4.92. The normalized spacial score (nSPS) is 10.9. The van der Waals surface area contributed by atoms with E-state index in [4.69, 9.17) is 5.26 Å². The van der Waals surface area contributed by atoms with E-state index in [0.29, 0.717) is 0 Å². The van der Waals surface area contributed by atoms with E-state index in [1.807, 2.05) is 6.07 Å². The van der Waals surface area contributed by atoms with Gasteiger partial charge in [0.1, 0.15) is 0 Å². The van der Waals surface area contributed by atoms with E-state index in [1.165, 1.54) is 6.07 Å². The van der Waals surface area contributed by atoms with Gasteiger partial charge in [0, 0.05) is 10.2 Å². The van der Waals surface area contributed by atoms with E-state index in [2.05, 4.69) is 20.7 Å². The molecule has 0 amide bonds. The molecule has 3 nitrogen and oxygen atoms in total. The number of hydrogen-bond donors (Lipinski definition) is 0. The van der Waals surface area contributed by atoms with Crippen molar-refractivity contribution >= 4 is 33.7 Å². The minimum absolute atomic E-state index is 0.0760. The average molecular weight is 354 g/mol. The molecule has 1 rings (SSSR count). The van der Waals surface area contributed by atoms with Gasteiger partial charge in [-0.1, -0.05) is 15.9 Å². The molecule has 0 aromatic heterocycles. The number of halogens is 4. The van der Waals surface area contributed by atoms with Crippen molar-refractivity contribution in [3.63, 3.8) is 0 Å². The molecule has 0 aliphatic carbocycles. The van der Waals surface area contributed by atoms with Crippen LogP contribution in [0, 0.1) is 11.3 Å². The molecule has 0 aliphatic heterocycles. The van der Waals surface area contributed by atoms with Crippen molar-refractivity contribution in [1.82, 2.24) is 0 Å². The highest BCUT2D eigenvalue weighted by molar-refractivity contribution is 9.08. The Hall–Kier alpha value is -1.20. The van der Waals surface area contributed by atoms with Crippen LogP contribution in [0.3, 0.4) is 0 Å². The van der Waals surface area contributed by atoms with Crippen LogP contribution in [0.15, 0.2) is 17.0 Å². The van der Waals surface area contributed by atoms with E-state index in [1.54, 1.807) is 0 Å². The Morgan fingerprint density at radius 2 is 2.16 bits per heavy atom. The van der Waals surface area contributed by atoms with Crippen molar-refractivity contribution in [2.75, 3.05) is 7.11 Å². The number of carbonyl (C=O) groups excluding carboxylic acids is 1. The van der Waals surface area contributed by atoms with Gasteiger partial charge in [0.25, 0.3) is 0 Å². The summed E-state index contributed by atoms with van der Waals surface area (Å²) in [6.07, 6.45) is 0. The van der Waals surface area contributed by atoms with Gasteiger partial charge >= 0.3 is 11.5 Å². The van der Waals surface area contributed by atoms with Crippen molar-refractivity contribution in [3.05, 3.63) is 28.8 Å². The maximum Gasteiger partial charge on any atom is 0.446 e. The van der Waals surface area contributed by atoms with Crippen molar-refractivity contribution < 1.29 is 22.7 Å². The molecule has 0 unspecified atom stereocenters. The molecule has 8 heteroatoms. The van der Waals surface area contributed by atoms with Gasteiger partial charge in [0.05, 0.1) is 24.3 Å². The Morgan fingerprint density at radius 1 is 1.53 bits per heavy atom. The number of thioether (sulfide) groups is 1. The lowest BCUT2D eigenvalue weighted by molar-refractivity contribution is -0.0328. The van der Waals surface area contributed by atoms with Crippen LogP contribution in [0.1, 0.15) is 21.5 Å². The average Bonchev–Trinajstić information content (AvgIpc) is 2.35. The van der Waals surface area contributed by atoms with Gasteiger partial charge in [-0.25, -0.2) is 4.79 Å². The molecule has 0 N–H and O–H groups in total. The monoisotopic (exact) mass is 353 g/mol. The molecule has 0 atom stereocenters. The van der Waals surface area contributed by atoms with Crippen LogP contribution in [-0.2, 0) is 10.1 Å². The molecule has 1 aromatic carbocycles. The predicted octanol–water partition coefficient (Wildman–Crippen LogP) is 3.85. The smallest absolute Gasteiger partial charge is 0.446 e. The topological polar surface area (TPSA) is 50.1 Å². The molecule has 0 heterocycles. The van der Waals surface area contributed by atoms with Gasteiger partial charge < -0.3 is 4.74 Å². The molecule has 19 heavy (non-hydrogen) atoms. The van der Waals surface area contributed by atoms with E-state index < -0.39 is 23.2 Å². The fourth-order valence-electron chi connectivity index (χ4n) is 1.41. The van der Waals surface area contributed by atoms with E-state index in [0.717, 1.165) is 13.2 Å². The number of methoxy groups -OCH3 is 1. The molecule has 0 aliphatic rings. The number of benzene rings is 1. The van der Waals surface area contributed by atoms with Gasteiger partial charge in [0.15, 0.2) is 0 Å². The first-order chi connectivity index (χ1) is 8.84. The number of nitriles is 1. The second kappa shape index (κ2) is 6.30. The first-order valence-electron chi connectivity index (χ1n) is 4.80. The van der Waals surface area contributed by atoms with Gasteiger partial charge in [0.2, 0.25) is 0 Å². The second-order valence-electron chi connectivity index (χ2n) is 3.25. The highest BCUT2D eigenvalue weighted by atomic mass is 79.9. The van der Waals surface area contributed by atoms with Gasteiger partial charge in [-0.15, -0.1) is 0 Å². The summed E-state index contributed by atoms with van der Waals surface area (Å²) >= 11 is 2.65. The SMILES string of the molecule is COC(=O)c1c(SC(F)(F)F)ccc(C#N)c1CBr. The Bertz CT molecular complexity index is 540. The summed E-state index contributed by atoms with van der Waals surface area (Å²) in [6.45, 7) is 0. The van der Waals surface area contributed by atoms with E-state index in [-0.39, 0.29) is 26.9 Å². The van der Waals surface area contributed by atoms with Crippen molar-refractivity contribution in [1.29, 1.82) is 5.26 Å². The number of nitrogens with zero attached hydrogens (tertiary/aromatic N) is 1. The van der Waals surface area contributed by atoms with Crippen LogP contribution in [0.5, 0.6) is 0 Å². The standard InChI is InChI=1S/C11H7BrF3NO2S/c1-18-10(17)9-7(4-12)6(5-16)2-3-8(9)19-11(13,14)15/h2-3H,4H2,1H3. The zero-order valence-electron chi connectivity index (χ0n) is 9.55. The summed E-state index contributed by atoms with van der Waals surface area (Å²) in [6, 6.07) is 4.17. The van der Waals surface area contributed by atoms with Crippen molar-refractivity contribution in [2.45, 2.75) is 15.7 Å². The molecule has 102 valence electrons. The molecule has 0 radical (unpaired) electrons. The maximum absolute atomic E-state index is 12.4. The molecule has 1 aromatic rings. The molecule has 0 saturated carbocycles. The number of hydrogen-bond acceptors (Lipinski definition) is 4. The van der Waals surface area contributed by atoms with Crippen LogP contribution in [0.2, 0.25) is 0 Å². The van der Waals surface area contributed by atoms with Crippen LogP contribution >= 0.6 is 27.7 Å². The summed E-state index contributed by atoms with van der Waals surface area (Å²) in [5.41, 5.74) is -4.45. The number of rotatable bonds is 3. The van der Waals surface area contributed by atoms with Gasteiger partial charge in [-0.05, 0) is 29.5 Å². The van der Waals surface area contributed by atoms with E-state index in [9.17, 15) is 18.0 Å². The molecular weight excluding hydrogens is 347 g/mol. The van der Waals surface area contributed by atoms with Crippen molar-refractivity contribution in [2.24, 2.45) is 0 Å². The summed E-state index contributed by atoms with van der Waals surface area (Å²) in [7, 11) is 1.07. The lowest BCUT2D eigenvalue weighted by Crippen LogP contribution is -2.11. The number of alkyl halides is 4. The fourth-order valence-corrected chi connectivity index (χ4v) is 2.68. The minimum Gasteiger partial charge on any atom is -0.465 e. The summed E-state index contributed by atoms with van der Waals surface area (Å²) in [5.74, 6) is -0.904. The number of ether oxygens (including phenoxy) is 1. The summed E-state index contributed by atoms with van der Waals surface area (Å²) in [5, 5.41) is 8.98. The zero-order valence-corrected chi connectivity index (χ0v) is 11.9. The molecule has 0 bridgehead atoms. The van der Waals surface area contributed by atoms with Crippen LogP contribution in [0.25, 0.3) is 0 Å². The highest BCUT2D eigenvalue weighted by Crippen LogP contribution is 2.40. The van der Waals surface area contributed by atoms with Crippen LogP contribution < -0.4 is 0 Å². The summed E-state index contributed by atoms with van der Waals surface area (Å²) in [4.78, 5) is 11.4. The number of esters is 1. The molecule has 0 spiro atoms. The Balaban J connectivity index is 3.48. The first-order valence-corrected chi connectivity index (χ1v) is 6.73. The molecular formula is C11H7BrF3NO2S. The van der Waals surface area contributed by atoms with E-state index >= 15 is 0 Å². The Kier molecular flexibility index (Phi) is 5.26. The van der Waals surface area contributed by atoms with Crippen LogP contribution in [0.4, 0.5) is 13.2 Å².